The molecule has 1 fully saturated rings. The summed E-state index contributed by atoms with van der Waals surface area (Å²) in [6.07, 6.45) is 0. The Morgan fingerprint density at radius 3 is 2.63 bits per heavy atom. The summed E-state index contributed by atoms with van der Waals surface area (Å²) in [4.78, 5) is 12.0. The summed E-state index contributed by atoms with van der Waals surface area (Å²) in [5.41, 5.74) is -0.934. The van der Waals surface area contributed by atoms with E-state index in [1.165, 1.54) is 12.1 Å². The van der Waals surface area contributed by atoms with Crippen LogP contribution in [0.5, 0.6) is 0 Å². The van der Waals surface area contributed by atoms with Gasteiger partial charge in [0, 0.05) is 18.7 Å². The summed E-state index contributed by atoms with van der Waals surface area (Å²) in [6, 6.07) is 7.98. The number of carbonyl (C=O) groups is 1. The zero-order valence-electron chi connectivity index (χ0n) is 10.2. The number of morpholine rings is 1. The average molecular weight is 285 g/mol. The highest BCUT2D eigenvalue weighted by Gasteiger charge is 2.35. The zero-order valence-corrected chi connectivity index (χ0v) is 11.0. The molecule has 19 heavy (non-hydrogen) atoms. The molecule has 1 amide bonds. The Kier molecular flexibility index (Phi) is 4.15. The normalized spacial score (nSPS) is 19.9. The topological polar surface area (TPSA) is 102 Å². The van der Waals surface area contributed by atoms with E-state index >= 15 is 0 Å². The van der Waals surface area contributed by atoms with E-state index in [9.17, 15) is 13.2 Å². The predicted molar refractivity (Wildman–Crippen MR) is 68.3 cm³/mol. The molecule has 0 bridgehead atoms. The van der Waals surface area contributed by atoms with E-state index in [1.54, 1.807) is 18.2 Å². The lowest BCUT2D eigenvalue weighted by atomic mass is 10.2. The van der Waals surface area contributed by atoms with Crippen LogP contribution in [0, 0.1) is 0 Å². The average Bonchev–Trinajstić information content (AvgIpc) is 2.47. The van der Waals surface area contributed by atoms with E-state index in [0.717, 1.165) is 0 Å². The third kappa shape index (κ3) is 2.92. The van der Waals surface area contributed by atoms with Crippen molar-refractivity contribution in [3.05, 3.63) is 35.9 Å². The van der Waals surface area contributed by atoms with Crippen molar-refractivity contribution in [2.45, 2.75) is 5.44 Å². The van der Waals surface area contributed by atoms with Gasteiger partial charge in [0.1, 0.15) is 0 Å². The number of nitrogens with two attached hydrogens (primary N) is 1. The Hall–Kier alpha value is -1.48. The molecule has 1 saturated heterocycles. The van der Waals surface area contributed by atoms with Gasteiger partial charge in [-0.2, -0.15) is 4.41 Å². The smallest absolute Gasteiger partial charge is 0.281 e. The first-order chi connectivity index (χ1) is 9.03. The number of carbonyl (C=O) groups excluding carboxylic acids is 1. The van der Waals surface area contributed by atoms with Gasteiger partial charge in [0.05, 0.1) is 6.61 Å². The van der Waals surface area contributed by atoms with Crippen LogP contribution >= 0.6 is 0 Å². The lowest BCUT2D eigenvalue weighted by Gasteiger charge is -2.27. The second kappa shape index (κ2) is 5.66. The number of hydrogen-bond acceptors (Lipinski definition) is 6. The van der Waals surface area contributed by atoms with Crippen molar-refractivity contribution >= 4 is 15.9 Å². The van der Waals surface area contributed by atoms with Crippen molar-refractivity contribution in [1.82, 2.24) is 9.73 Å². The molecular formula is C11H15N3O4S. The number of ether oxygens (including phenoxy) is 1. The fourth-order valence-corrected chi connectivity index (χ4v) is 2.87. The minimum absolute atomic E-state index is 0.109. The van der Waals surface area contributed by atoms with Crippen LogP contribution in [0.2, 0.25) is 0 Å². The first-order valence-corrected chi connectivity index (χ1v) is 7.24. The van der Waals surface area contributed by atoms with E-state index in [-0.39, 0.29) is 23.1 Å². The van der Waals surface area contributed by atoms with E-state index < -0.39 is 21.4 Å². The molecule has 0 saturated carbocycles. The van der Waals surface area contributed by atoms with Gasteiger partial charge in [0.15, 0.2) is 5.44 Å². The first-order valence-electron chi connectivity index (χ1n) is 5.74. The number of hydrazine groups is 1. The van der Waals surface area contributed by atoms with Gasteiger partial charge in [-0.15, -0.1) is 0 Å². The van der Waals surface area contributed by atoms with Gasteiger partial charge in [-0.3, -0.25) is 4.79 Å². The Labute approximate surface area is 111 Å². The van der Waals surface area contributed by atoms with Crippen molar-refractivity contribution in [1.29, 1.82) is 0 Å². The molecule has 0 spiro atoms. The van der Waals surface area contributed by atoms with Crippen LogP contribution < -0.4 is 11.2 Å². The molecule has 1 unspecified atom stereocenters. The van der Waals surface area contributed by atoms with E-state index in [4.69, 9.17) is 10.6 Å². The number of amides is 1. The maximum atomic E-state index is 12.1. The molecular weight excluding hydrogens is 270 g/mol. The van der Waals surface area contributed by atoms with Crippen LogP contribution in [0.25, 0.3) is 0 Å². The molecule has 0 aromatic heterocycles. The quantitative estimate of drug-likeness (QED) is 0.432. The molecule has 2 rings (SSSR count). The van der Waals surface area contributed by atoms with Crippen molar-refractivity contribution in [3.8, 4) is 0 Å². The summed E-state index contributed by atoms with van der Waals surface area (Å²) in [5, 5.41) is 2.88. The predicted octanol–water partition coefficient (Wildman–Crippen LogP) is -0.722. The Morgan fingerprint density at radius 2 is 2.05 bits per heavy atom. The van der Waals surface area contributed by atoms with Gasteiger partial charge in [-0.05, 0) is 12.1 Å². The van der Waals surface area contributed by atoms with Gasteiger partial charge in [0.2, 0.25) is 0 Å². The molecule has 0 radical (unpaired) electrons. The van der Waals surface area contributed by atoms with Crippen LogP contribution in [-0.4, -0.2) is 43.9 Å². The molecule has 104 valence electrons. The summed E-state index contributed by atoms with van der Waals surface area (Å²) in [7, 11) is -4.03. The maximum absolute atomic E-state index is 12.1. The molecule has 7 nitrogen and oxygen atoms in total. The van der Waals surface area contributed by atoms with Gasteiger partial charge in [-0.1, -0.05) is 18.2 Å². The van der Waals surface area contributed by atoms with Crippen LogP contribution in [-0.2, 0) is 14.8 Å². The van der Waals surface area contributed by atoms with Gasteiger partial charge >= 0.3 is 0 Å². The van der Waals surface area contributed by atoms with Crippen molar-refractivity contribution < 1.29 is 17.9 Å². The van der Waals surface area contributed by atoms with Crippen molar-refractivity contribution in [2.75, 3.05) is 19.7 Å². The first kappa shape index (κ1) is 13.9. The fraction of sp³-hybridized carbons (Fsp3) is 0.364. The Bertz CT molecular complexity index is 540. The van der Waals surface area contributed by atoms with E-state index in [1.807, 2.05) is 0 Å². The lowest BCUT2D eigenvalue weighted by Crippen LogP contribution is -2.53. The number of nitrogens with one attached hydrogen (secondary N) is 1. The maximum Gasteiger partial charge on any atom is 0.281 e. The van der Waals surface area contributed by atoms with Crippen molar-refractivity contribution in [3.63, 3.8) is 0 Å². The van der Waals surface area contributed by atoms with Crippen LogP contribution in [0.3, 0.4) is 0 Å². The number of nitrogens with zero attached hydrogens (tertiary/aromatic N) is 1. The largest absolute Gasteiger partial charge is 0.358 e. The van der Waals surface area contributed by atoms with Crippen LogP contribution in [0.15, 0.2) is 30.3 Å². The van der Waals surface area contributed by atoms with Gasteiger partial charge in [-0.25, -0.2) is 14.3 Å². The summed E-state index contributed by atoms with van der Waals surface area (Å²) in [6.45, 7) is 0.943. The van der Waals surface area contributed by atoms with E-state index in [2.05, 4.69) is 5.32 Å². The molecule has 0 aliphatic carbocycles. The highest BCUT2D eigenvalue weighted by molar-refractivity contribution is 7.90. The van der Waals surface area contributed by atoms with E-state index in [0.29, 0.717) is 6.54 Å². The highest BCUT2D eigenvalue weighted by atomic mass is 32.2. The zero-order chi connectivity index (χ0) is 13.9. The monoisotopic (exact) mass is 285 g/mol. The highest BCUT2D eigenvalue weighted by Crippen LogP contribution is 2.12. The second-order valence-electron chi connectivity index (χ2n) is 4.02. The summed E-state index contributed by atoms with van der Waals surface area (Å²) in [5.74, 6) is 4.66. The minimum Gasteiger partial charge on any atom is -0.358 e. The molecule has 1 aromatic carbocycles. The molecule has 1 heterocycles. The van der Waals surface area contributed by atoms with Crippen LogP contribution in [0.1, 0.15) is 10.4 Å². The molecule has 1 aliphatic rings. The number of sulfonamides is 1. The van der Waals surface area contributed by atoms with Gasteiger partial charge in [0.25, 0.3) is 15.9 Å². The molecule has 3 N–H and O–H groups in total. The number of rotatable bonds is 3. The molecule has 8 heteroatoms. The molecule has 1 aliphatic heterocycles. The Balaban J connectivity index is 2.18. The second-order valence-corrected chi connectivity index (χ2v) is 5.97. The fourth-order valence-electron chi connectivity index (χ4n) is 1.68. The SMILES string of the molecule is NN(C(=O)c1ccccc1)S(=O)(=O)C1CNCCO1. The standard InChI is InChI=1S/C11H15N3O4S/c12-14(11(15)9-4-2-1-3-5-9)19(16,17)10-8-13-6-7-18-10/h1-5,10,13H,6-8,12H2. The lowest BCUT2D eigenvalue weighted by molar-refractivity contribution is 0.0691. The third-order valence-electron chi connectivity index (χ3n) is 2.72. The molecule has 1 aromatic rings. The summed E-state index contributed by atoms with van der Waals surface area (Å²) >= 11 is 0. The van der Waals surface area contributed by atoms with Crippen LogP contribution in [0.4, 0.5) is 0 Å². The summed E-state index contributed by atoms with van der Waals surface area (Å²) < 4.78 is 29.6. The Morgan fingerprint density at radius 1 is 1.37 bits per heavy atom. The van der Waals surface area contributed by atoms with Crippen molar-refractivity contribution in [2.24, 2.45) is 5.84 Å². The third-order valence-corrected chi connectivity index (χ3v) is 4.40. The van der Waals surface area contributed by atoms with Gasteiger partial charge < -0.3 is 10.1 Å². The molecule has 1 atom stereocenters. The number of hydrogen-bond donors (Lipinski definition) is 2. The number of benzene rings is 1. The minimum atomic E-state index is -4.03.